The molecule has 0 aromatic rings. The van der Waals surface area contributed by atoms with Crippen LogP contribution in [0.2, 0.25) is 0 Å². The third-order valence-electron chi connectivity index (χ3n) is 3.87. The molecule has 0 bridgehead atoms. The number of amides is 1. The van der Waals surface area contributed by atoms with Crippen LogP contribution in [0.25, 0.3) is 0 Å². The van der Waals surface area contributed by atoms with E-state index in [1.165, 1.54) is 0 Å². The van der Waals surface area contributed by atoms with Crippen molar-refractivity contribution in [2.24, 2.45) is 17.8 Å². The van der Waals surface area contributed by atoms with E-state index in [4.69, 9.17) is 9.84 Å². The van der Waals surface area contributed by atoms with Crippen LogP contribution in [0, 0.1) is 17.8 Å². The van der Waals surface area contributed by atoms with Crippen molar-refractivity contribution in [3.8, 4) is 0 Å². The van der Waals surface area contributed by atoms with Gasteiger partial charge in [-0.15, -0.1) is 0 Å². The van der Waals surface area contributed by atoms with Crippen molar-refractivity contribution < 1.29 is 19.4 Å². The van der Waals surface area contributed by atoms with Gasteiger partial charge in [0.1, 0.15) is 6.10 Å². The van der Waals surface area contributed by atoms with Crippen LogP contribution in [0.1, 0.15) is 20.3 Å². The third kappa shape index (κ3) is 2.29. The van der Waals surface area contributed by atoms with Crippen LogP contribution in [-0.2, 0) is 14.3 Å². The molecule has 96 valence electrons. The van der Waals surface area contributed by atoms with E-state index in [0.717, 1.165) is 6.42 Å². The molecule has 4 unspecified atom stereocenters. The van der Waals surface area contributed by atoms with Crippen molar-refractivity contribution in [2.45, 2.75) is 26.4 Å². The maximum atomic E-state index is 12.2. The maximum Gasteiger partial charge on any atom is 0.308 e. The number of hydrogen-bond donors (Lipinski definition) is 1. The molecule has 2 aliphatic heterocycles. The molecule has 2 heterocycles. The predicted octanol–water partition coefficient (Wildman–Crippen LogP) is 0.591. The van der Waals surface area contributed by atoms with E-state index >= 15 is 0 Å². The standard InChI is InChI=1S/C12H19NO4/c1-7-3-4-17-10(7)11(14)13-5-8(2)9(6-13)12(15)16/h7-10H,3-6H2,1-2H3,(H,15,16). The van der Waals surface area contributed by atoms with E-state index in [-0.39, 0.29) is 23.8 Å². The van der Waals surface area contributed by atoms with Crippen molar-refractivity contribution in [2.75, 3.05) is 19.7 Å². The second kappa shape index (κ2) is 4.64. The minimum Gasteiger partial charge on any atom is -0.481 e. The quantitative estimate of drug-likeness (QED) is 0.768. The molecule has 2 fully saturated rings. The average molecular weight is 241 g/mol. The molecule has 4 atom stereocenters. The van der Waals surface area contributed by atoms with E-state index in [2.05, 4.69) is 0 Å². The molecule has 1 N–H and O–H groups in total. The summed E-state index contributed by atoms with van der Waals surface area (Å²) in [7, 11) is 0. The van der Waals surface area contributed by atoms with E-state index in [9.17, 15) is 9.59 Å². The number of carboxylic acid groups (broad SMARTS) is 1. The number of carbonyl (C=O) groups is 2. The molecule has 0 spiro atoms. The van der Waals surface area contributed by atoms with Gasteiger partial charge in [0, 0.05) is 19.7 Å². The topological polar surface area (TPSA) is 66.8 Å². The van der Waals surface area contributed by atoms with E-state index in [1.807, 2.05) is 13.8 Å². The van der Waals surface area contributed by atoms with Crippen molar-refractivity contribution in [1.29, 1.82) is 0 Å². The third-order valence-corrected chi connectivity index (χ3v) is 3.87. The summed E-state index contributed by atoms with van der Waals surface area (Å²) in [5.74, 6) is -1.02. The van der Waals surface area contributed by atoms with Crippen LogP contribution in [-0.4, -0.2) is 47.7 Å². The summed E-state index contributed by atoms with van der Waals surface area (Å²) in [5.41, 5.74) is 0. The van der Waals surface area contributed by atoms with Gasteiger partial charge in [-0.2, -0.15) is 0 Å². The monoisotopic (exact) mass is 241 g/mol. The van der Waals surface area contributed by atoms with Crippen LogP contribution in [0.4, 0.5) is 0 Å². The number of nitrogens with zero attached hydrogens (tertiary/aromatic N) is 1. The van der Waals surface area contributed by atoms with Gasteiger partial charge in [-0.3, -0.25) is 9.59 Å². The number of carboxylic acids is 1. The van der Waals surface area contributed by atoms with Crippen LogP contribution in [0.5, 0.6) is 0 Å². The Morgan fingerprint density at radius 2 is 1.94 bits per heavy atom. The van der Waals surface area contributed by atoms with E-state index in [1.54, 1.807) is 4.90 Å². The fraction of sp³-hybridized carbons (Fsp3) is 0.833. The Balaban J connectivity index is 2.00. The first-order valence-electron chi connectivity index (χ1n) is 6.14. The Morgan fingerprint density at radius 3 is 2.41 bits per heavy atom. The Kier molecular flexibility index (Phi) is 3.38. The number of ether oxygens (including phenoxy) is 1. The van der Waals surface area contributed by atoms with Crippen LogP contribution in [0.15, 0.2) is 0 Å². The molecule has 5 nitrogen and oxygen atoms in total. The Labute approximate surface area is 101 Å². The highest BCUT2D eigenvalue weighted by molar-refractivity contribution is 5.83. The summed E-state index contributed by atoms with van der Waals surface area (Å²) in [4.78, 5) is 24.8. The summed E-state index contributed by atoms with van der Waals surface area (Å²) in [6.45, 7) is 5.36. The zero-order valence-corrected chi connectivity index (χ0v) is 10.3. The highest BCUT2D eigenvalue weighted by Crippen LogP contribution is 2.27. The molecular formula is C12H19NO4. The van der Waals surface area contributed by atoms with Gasteiger partial charge >= 0.3 is 5.97 Å². The van der Waals surface area contributed by atoms with Crippen molar-refractivity contribution in [1.82, 2.24) is 4.90 Å². The molecule has 0 radical (unpaired) electrons. The summed E-state index contributed by atoms with van der Waals surface area (Å²) in [6, 6.07) is 0. The summed E-state index contributed by atoms with van der Waals surface area (Å²) in [6.07, 6.45) is 0.539. The number of likely N-dealkylation sites (tertiary alicyclic amines) is 1. The van der Waals surface area contributed by atoms with Gasteiger partial charge in [-0.25, -0.2) is 0 Å². The first-order chi connectivity index (χ1) is 8.00. The lowest BCUT2D eigenvalue weighted by Crippen LogP contribution is -2.40. The first kappa shape index (κ1) is 12.4. The summed E-state index contributed by atoms with van der Waals surface area (Å²) in [5, 5.41) is 9.03. The van der Waals surface area contributed by atoms with Gasteiger partial charge in [0.05, 0.1) is 5.92 Å². The fourth-order valence-corrected chi connectivity index (χ4v) is 2.66. The Hall–Kier alpha value is -1.10. The number of carbonyl (C=O) groups excluding carboxylic acids is 1. The lowest BCUT2D eigenvalue weighted by atomic mass is 9.99. The van der Waals surface area contributed by atoms with Crippen LogP contribution in [0.3, 0.4) is 0 Å². The van der Waals surface area contributed by atoms with E-state index < -0.39 is 11.9 Å². The van der Waals surface area contributed by atoms with Crippen LogP contribution >= 0.6 is 0 Å². The van der Waals surface area contributed by atoms with Gasteiger partial charge in [0.2, 0.25) is 0 Å². The maximum absolute atomic E-state index is 12.2. The smallest absolute Gasteiger partial charge is 0.308 e. The number of aliphatic carboxylic acids is 1. The molecule has 1 amide bonds. The van der Waals surface area contributed by atoms with Crippen LogP contribution < -0.4 is 0 Å². The normalized spacial score (nSPS) is 37.4. The molecule has 0 saturated carbocycles. The lowest BCUT2D eigenvalue weighted by Gasteiger charge is -2.22. The minimum atomic E-state index is -0.812. The largest absolute Gasteiger partial charge is 0.481 e. The van der Waals surface area contributed by atoms with Crippen molar-refractivity contribution in [3.63, 3.8) is 0 Å². The second-order valence-electron chi connectivity index (χ2n) is 5.22. The zero-order chi connectivity index (χ0) is 12.6. The molecule has 17 heavy (non-hydrogen) atoms. The van der Waals surface area contributed by atoms with Crippen molar-refractivity contribution in [3.05, 3.63) is 0 Å². The lowest BCUT2D eigenvalue weighted by molar-refractivity contribution is -0.143. The average Bonchev–Trinajstić information content (AvgIpc) is 2.83. The summed E-state index contributed by atoms with van der Waals surface area (Å²) >= 11 is 0. The van der Waals surface area contributed by atoms with Gasteiger partial charge in [-0.1, -0.05) is 13.8 Å². The molecule has 2 rings (SSSR count). The molecule has 0 aromatic heterocycles. The SMILES string of the molecule is CC1CN(C(=O)C2OCCC2C)CC1C(=O)O. The molecular weight excluding hydrogens is 222 g/mol. The molecule has 2 saturated heterocycles. The zero-order valence-electron chi connectivity index (χ0n) is 10.3. The molecule has 0 aromatic carbocycles. The van der Waals surface area contributed by atoms with Gasteiger partial charge in [0.25, 0.3) is 5.91 Å². The minimum absolute atomic E-state index is 0.0214. The molecule has 2 aliphatic rings. The van der Waals surface area contributed by atoms with Gasteiger partial charge in [-0.05, 0) is 18.3 Å². The first-order valence-corrected chi connectivity index (χ1v) is 6.14. The predicted molar refractivity (Wildman–Crippen MR) is 60.4 cm³/mol. The molecule has 5 heteroatoms. The Bertz CT molecular complexity index is 330. The van der Waals surface area contributed by atoms with E-state index in [0.29, 0.717) is 19.7 Å². The highest BCUT2D eigenvalue weighted by atomic mass is 16.5. The van der Waals surface area contributed by atoms with Gasteiger partial charge in [0.15, 0.2) is 0 Å². The number of hydrogen-bond acceptors (Lipinski definition) is 3. The Morgan fingerprint density at radius 1 is 1.24 bits per heavy atom. The second-order valence-corrected chi connectivity index (χ2v) is 5.22. The van der Waals surface area contributed by atoms with Crippen molar-refractivity contribution >= 4 is 11.9 Å². The van der Waals surface area contributed by atoms with Gasteiger partial charge < -0.3 is 14.7 Å². The highest BCUT2D eigenvalue weighted by Gasteiger charge is 2.41. The molecule has 0 aliphatic carbocycles. The fourth-order valence-electron chi connectivity index (χ4n) is 2.66. The number of rotatable bonds is 2. The summed E-state index contributed by atoms with van der Waals surface area (Å²) < 4.78 is 5.43.